The van der Waals surface area contributed by atoms with Crippen LogP contribution in [0.25, 0.3) is 0 Å². The minimum absolute atomic E-state index is 0.195. The minimum atomic E-state index is -0.496. The van der Waals surface area contributed by atoms with Crippen LogP contribution in [0.5, 0.6) is 11.5 Å². The van der Waals surface area contributed by atoms with Gasteiger partial charge in [0, 0.05) is 0 Å². The average Bonchev–Trinajstić information content (AvgIpc) is 2.74. The molecule has 0 spiro atoms. The summed E-state index contributed by atoms with van der Waals surface area (Å²) in [6.07, 6.45) is 1.21. The van der Waals surface area contributed by atoms with Crippen molar-refractivity contribution < 1.29 is 14.6 Å². The van der Waals surface area contributed by atoms with Gasteiger partial charge in [0.25, 0.3) is 0 Å². The molecule has 94 valence electrons. The van der Waals surface area contributed by atoms with E-state index in [9.17, 15) is 5.11 Å². The van der Waals surface area contributed by atoms with Gasteiger partial charge in [0.1, 0.15) is 0 Å². The fourth-order valence-corrected chi connectivity index (χ4v) is 2.11. The summed E-state index contributed by atoms with van der Waals surface area (Å²) >= 11 is 6.07. The Bertz CT molecular complexity index is 404. The molecule has 0 saturated heterocycles. The van der Waals surface area contributed by atoms with E-state index in [0.717, 1.165) is 18.4 Å². The van der Waals surface area contributed by atoms with Gasteiger partial charge in [-0.15, -0.1) is 0 Å². The molecule has 1 atom stereocenters. The molecule has 1 N–H and O–H groups in total. The normalized spacial score (nSPS) is 15.4. The quantitative estimate of drug-likeness (QED) is 0.896. The molecule has 0 saturated carbocycles. The minimum Gasteiger partial charge on any atom is -0.454 e. The molecule has 1 aromatic rings. The number of fused-ring (bicyclic) bond motifs is 1. The average molecular weight is 257 g/mol. The van der Waals surface area contributed by atoms with Crippen LogP contribution in [0.4, 0.5) is 0 Å². The van der Waals surface area contributed by atoms with E-state index in [1.54, 1.807) is 12.1 Å². The lowest BCUT2D eigenvalue weighted by Crippen LogP contribution is -2.00. The molecular weight excluding hydrogens is 240 g/mol. The van der Waals surface area contributed by atoms with Gasteiger partial charge in [-0.3, -0.25) is 0 Å². The molecule has 1 aliphatic rings. The second-order valence-corrected chi connectivity index (χ2v) is 5.13. The van der Waals surface area contributed by atoms with E-state index in [2.05, 4.69) is 13.8 Å². The molecule has 2 rings (SSSR count). The van der Waals surface area contributed by atoms with Crippen molar-refractivity contribution in [2.45, 2.75) is 32.8 Å². The highest BCUT2D eigenvalue weighted by Crippen LogP contribution is 2.41. The maximum Gasteiger partial charge on any atom is 0.231 e. The summed E-state index contributed by atoms with van der Waals surface area (Å²) < 4.78 is 10.5. The maximum atomic E-state index is 10.1. The van der Waals surface area contributed by atoms with Crippen molar-refractivity contribution in [1.29, 1.82) is 0 Å². The van der Waals surface area contributed by atoms with Gasteiger partial charge >= 0.3 is 0 Å². The third-order valence-corrected chi connectivity index (χ3v) is 3.13. The predicted octanol–water partition coefficient (Wildman–Crippen LogP) is 3.54. The number of hydrogen-bond donors (Lipinski definition) is 1. The third-order valence-electron chi connectivity index (χ3n) is 2.85. The first kappa shape index (κ1) is 12.5. The lowest BCUT2D eigenvalue weighted by molar-refractivity contribution is 0.158. The molecule has 1 aliphatic heterocycles. The first-order valence-corrected chi connectivity index (χ1v) is 6.23. The SMILES string of the molecule is CC(C)CCC(O)c1cc(Cl)c2c(c1)OCO2. The van der Waals surface area contributed by atoms with Crippen molar-refractivity contribution in [3.63, 3.8) is 0 Å². The first-order chi connectivity index (χ1) is 8.08. The zero-order valence-corrected chi connectivity index (χ0v) is 10.8. The van der Waals surface area contributed by atoms with Crippen molar-refractivity contribution >= 4 is 11.6 Å². The van der Waals surface area contributed by atoms with E-state index in [1.165, 1.54) is 0 Å². The highest BCUT2D eigenvalue weighted by molar-refractivity contribution is 6.32. The van der Waals surface area contributed by atoms with Crippen molar-refractivity contribution in [2.75, 3.05) is 6.79 Å². The molecule has 0 fully saturated rings. The molecule has 0 bridgehead atoms. The number of hydrogen-bond acceptors (Lipinski definition) is 3. The molecule has 0 radical (unpaired) electrons. The molecule has 0 aliphatic carbocycles. The van der Waals surface area contributed by atoms with E-state index in [1.807, 2.05) is 0 Å². The fraction of sp³-hybridized carbons (Fsp3) is 0.538. The van der Waals surface area contributed by atoms with Gasteiger partial charge in [-0.1, -0.05) is 25.4 Å². The monoisotopic (exact) mass is 256 g/mol. The van der Waals surface area contributed by atoms with E-state index in [4.69, 9.17) is 21.1 Å². The molecule has 17 heavy (non-hydrogen) atoms. The number of halogens is 1. The van der Waals surface area contributed by atoms with E-state index in [0.29, 0.717) is 22.4 Å². The molecular formula is C13H17ClO3. The first-order valence-electron chi connectivity index (χ1n) is 5.85. The lowest BCUT2D eigenvalue weighted by Gasteiger charge is -2.13. The zero-order chi connectivity index (χ0) is 12.4. The topological polar surface area (TPSA) is 38.7 Å². The van der Waals surface area contributed by atoms with Crippen molar-refractivity contribution in [2.24, 2.45) is 5.92 Å². The van der Waals surface area contributed by atoms with Crippen LogP contribution in [0.3, 0.4) is 0 Å². The van der Waals surface area contributed by atoms with E-state index >= 15 is 0 Å². The number of ether oxygens (including phenoxy) is 2. The van der Waals surface area contributed by atoms with E-state index in [-0.39, 0.29) is 6.79 Å². The standard InChI is InChI=1S/C13H17ClO3/c1-8(2)3-4-11(15)9-5-10(14)13-12(6-9)16-7-17-13/h5-6,8,11,15H,3-4,7H2,1-2H3. The van der Waals surface area contributed by atoms with Crippen LogP contribution in [-0.4, -0.2) is 11.9 Å². The van der Waals surface area contributed by atoms with Crippen LogP contribution < -0.4 is 9.47 Å². The Balaban J connectivity index is 2.13. The summed E-state index contributed by atoms with van der Waals surface area (Å²) in [7, 11) is 0. The Morgan fingerprint density at radius 3 is 2.76 bits per heavy atom. The Hall–Kier alpha value is -0.930. The molecule has 1 heterocycles. The van der Waals surface area contributed by atoms with Crippen LogP contribution >= 0.6 is 11.6 Å². The number of aliphatic hydroxyl groups is 1. The fourth-order valence-electron chi connectivity index (χ4n) is 1.84. The number of rotatable bonds is 4. The van der Waals surface area contributed by atoms with Crippen LogP contribution in [0.1, 0.15) is 38.4 Å². The highest BCUT2D eigenvalue weighted by atomic mass is 35.5. The van der Waals surface area contributed by atoms with Gasteiger partial charge in [-0.25, -0.2) is 0 Å². The molecule has 3 nitrogen and oxygen atoms in total. The van der Waals surface area contributed by atoms with Gasteiger partial charge in [-0.05, 0) is 36.5 Å². The van der Waals surface area contributed by atoms with Gasteiger partial charge in [0.2, 0.25) is 6.79 Å². The van der Waals surface area contributed by atoms with E-state index < -0.39 is 6.10 Å². The number of benzene rings is 1. The smallest absolute Gasteiger partial charge is 0.231 e. The van der Waals surface area contributed by atoms with Crippen molar-refractivity contribution in [3.8, 4) is 11.5 Å². The van der Waals surface area contributed by atoms with Gasteiger partial charge in [-0.2, -0.15) is 0 Å². The van der Waals surface area contributed by atoms with Crippen LogP contribution in [0.15, 0.2) is 12.1 Å². The highest BCUT2D eigenvalue weighted by Gasteiger charge is 2.20. The predicted molar refractivity (Wildman–Crippen MR) is 66.6 cm³/mol. The van der Waals surface area contributed by atoms with Crippen molar-refractivity contribution in [1.82, 2.24) is 0 Å². The lowest BCUT2D eigenvalue weighted by atomic mass is 9.99. The summed E-state index contributed by atoms with van der Waals surface area (Å²) in [5.74, 6) is 1.77. The molecule has 1 unspecified atom stereocenters. The summed E-state index contributed by atoms with van der Waals surface area (Å²) in [6, 6.07) is 3.55. The Morgan fingerprint density at radius 1 is 1.29 bits per heavy atom. The Morgan fingerprint density at radius 2 is 2.06 bits per heavy atom. The Labute approximate surface area is 106 Å². The maximum absolute atomic E-state index is 10.1. The third kappa shape index (κ3) is 2.85. The van der Waals surface area contributed by atoms with Gasteiger partial charge < -0.3 is 14.6 Å². The summed E-state index contributed by atoms with van der Waals surface area (Å²) in [6.45, 7) is 4.47. The zero-order valence-electron chi connectivity index (χ0n) is 10.1. The molecule has 0 amide bonds. The summed E-state index contributed by atoms with van der Waals surface area (Å²) in [5, 5.41) is 10.6. The summed E-state index contributed by atoms with van der Waals surface area (Å²) in [5.41, 5.74) is 0.792. The van der Waals surface area contributed by atoms with Crippen LogP contribution in [-0.2, 0) is 0 Å². The van der Waals surface area contributed by atoms with Gasteiger partial charge in [0.05, 0.1) is 11.1 Å². The molecule has 1 aromatic carbocycles. The van der Waals surface area contributed by atoms with Crippen molar-refractivity contribution in [3.05, 3.63) is 22.7 Å². The molecule has 0 aromatic heterocycles. The van der Waals surface area contributed by atoms with Crippen LogP contribution in [0.2, 0.25) is 5.02 Å². The van der Waals surface area contributed by atoms with Gasteiger partial charge in [0.15, 0.2) is 11.5 Å². The second-order valence-electron chi connectivity index (χ2n) is 4.72. The van der Waals surface area contributed by atoms with Crippen LogP contribution in [0, 0.1) is 5.92 Å². The number of aliphatic hydroxyl groups excluding tert-OH is 1. The Kier molecular flexibility index (Phi) is 3.79. The molecule has 4 heteroatoms. The summed E-state index contributed by atoms with van der Waals surface area (Å²) in [4.78, 5) is 0. The largest absolute Gasteiger partial charge is 0.454 e. The second kappa shape index (κ2) is 5.15.